The van der Waals surface area contributed by atoms with Crippen LogP contribution in [0.25, 0.3) is 0 Å². The van der Waals surface area contributed by atoms with E-state index in [-0.39, 0.29) is 15.8 Å². The Morgan fingerprint density at radius 2 is 0.880 bits per heavy atom. The first-order valence-electron chi connectivity index (χ1n) is 9.24. The SMILES string of the molecule is C[Si](C)(C)CP(CP(C[Si](C)(C)C)c1ccccc1)c1ccccc1. The molecule has 0 bridgehead atoms. The fourth-order valence-electron chi connectivity index (χ4n) is 3.07. The molecule has 2 atom stereocenters. The van der Waals surface area contributed by atoms with Gasteiger partial charge in [0.05, 0.1) is 0 Å². The highest BCUT2D eigenvalue weighted by atomic mass is 31.2. The average molecular weight is 405 g/mol. The monoisotopic (exact) mass is 404 g/mol. The lowest BCUT2D eigenvalue weighted by molar-refractivity contribution is 1.63. The number of benzene rings is 2. The fraction of sp³-hybridized carbons (Fsp3) is 0.429. The van der Waals surface area contributed by atoms with E-state index in [1.54, 1.807) is 10.6 Å². The van der Waals surface area contributed by atoms with Crippen molar-refractivity contribution in [2.45, 2.75) is 39.3 Å². The maximum atomic E-state index is 2.54. The summed E-state index contributed by atoms with van der Waals surface area (Å²) in [5.74, 6) is 4.35. The van der Waals surface area contributed by atoms with Gasteiger partial charge in [-0.25, -0.2) is 0 Å². The molecule has 0 nitrogen and oxygen atoms in total. The van der Waals surface area contributed by atoms with Crippen LogP contribution in [0.2, 0.25) is 39.3 Å². The van der Waals surface area contributed by atoms with Gasteiger partial charge in [0.15, 0.2) is 0 Å². The predicted molar refractivity (Wildman–Crippen MR) is 127 cm³/mol. The van der Waals surface area contributed by atoms with E-state index in [1.165, 1.54) is 17.5 Å². The topological polar surface area (TPSA) is 0 Å². The Morgan fingerprint density at radius 3 is 1.16 bits per heavy atom. The second kappa shape index (κ2) is 9.09. The van der Waals surface area contributed by atoms with Gasteiger partial charge < -0.3 is 0 Å². The van der Waals surface area contributed by atoms with Crippen molar-refractivity contribution in [1.82, 2.24) is 0 Å². The van der Waals surface area contributed by atoms with Crippen molar-refractivity contribution >= 4 is 42.6 Å². The lowest BCUT2D eigenvalue weighted by Crippen LogP contribution is -2.31. The van der Waals surface area contributed by atoms with Crippen molar-refractivity contribution in [2.75, 3.05) is 17.5 Å². The zero-order chi connectivity index (χ0) is 18.5. The lowest BCUT2D eigenvalue weighted by atomic mass is 10.4. The standard InChI is InChI=1S/C21H34P2Si2/c1-24(2,3)18-22(20-13-9-7-10-14-20)17-23(19-25(4,5)6)21-15-11-8-12-16-21/h7-16H,17-19H2,1-6H3. The van der Waals surface area contributed by atoms with Crippen LogP contribution in [0.1, 0.15) is 0 Å². The maximum absolute atomic E-state index is 2.54. The van der Waals surface area contributed by atoms with E-state index >= 15 is 0 Å². The Hall–Kier alpha value is -0.266. The third kappa shape index (κ3) is 7.87. The molecule has 0 N–H and O–H groups in total. The third-order valence-electron chi connectivity index (χ3n) is 3.91. The van der Waals surface area contributed by atoms with Crippen molar-refractivity contribution in [3.8, 4) is 0 Å². The summed E-state index contributed by atoms with van der Waals surface area (Å²) < 4.78 is 0. The molecule has 0 fully saturated rings. The van der Waals surface area contributed by atoms with E-state index < -0.39 is 16.1 Å². The Bertz CT molecular complexity index is 573. The highest BCUT2D eigenvalue weighted by molar-refractivity contribution is 7.83. The van der Waals surface area contributed by atoms with Crippen molar-refractivity contribution in [3.63, 3.8) is 0 Å². The first-order valence-corrected chi connectivity index (χ1v) is 20.1. The highest BCUT2D eigenvalue weighted by Crippen LogP contribution is 2.51. The van der Waals surface area contributed by atoms with E-state index in [2.05, 4.69) is 99.9 Å². The Kier molecular flexibility index (Phi) is 7.65. The molecule has 0 saturated heterocycles. The van der Waals surface area contributed by atoms with Gasteiger partial charge in [-0.1, -0.05) is 116 Å². The van der Waals surface area contributed by atoms with Crippen molar-refractivity contribution < 1.29 is 0 Å². The van der Waals surface area contributed by atoms with Crippen molar-refractivity contribution in [1.29, 1.82) is 0 Å². The van der Waals surface area contributed by atoms with Gasteiger partial charge in [0, 0.05) is 16.1 Å². The van der Waals surface area contributed by atoms with E-state index in [1.807, 2.05) is 0 Å². The summed E-state index contributed by atoms with van der Waals surface area (Å²) in [7, 11) is -2.25. The quantitative estimate of drug-likeness (QED) is 0.357. The van der Waals surface area contributed by atoms with E-state index in [4.69, 9.17) is 0 Å². The summed E-state index contributed by atoms with van der Waals surface area (Å²) in [6.07, 6.45) is 0. The largest absolute Gasteiger partial charge is 0.0734 e. The molecule has 2 aromatic carbocycles. The number of hydrogen-bond acceptors (Lipinski definition) is 0. The second-order valence-corrected chi connectivity index (χ2v) is 26.4. The minimum Gasteiger partial charge on any atom is -0.0734 e. The smallest absolute Gasteiger partial charge is 0.0489 e. The summed E-state index contributed by atoms with van der Waals surface area (Å²) in [5, 5.41) is 3.25. The molecule has 2 unspecified atom stereocenters. The Labute approximate surface area is 160 Å². The molecule has 2 aromatic rings. The van der Waals surface area contributed by atoms with Crippen LogP contribution in [-0.4, -0.2) is 33.6 Å². The van der Waals surface area contributed by atoms with Crippen LogP contribution in [0.4, 0.5) is 0 Å². The van der Waals surface area contributed by atoms with Gasteiger partial charge in [0.2, 0.25) is 0 Å². The third-order valence-corrected chi connectivity index (χ3v) is 19.3. The summed E-state index contributed by atoms with van der Waals surface area (Å²) in [6, 6.07) is 22.8. The summed E-state index contributed by atoms with van der Waals surface area (Å²) in [4.78, 5) is 0. The minimum atomic E-state index is -1.08. The highest BCUT2D eigenvalue weighted by Gasteiger charge is 2.28. The van der Waals surface area contributed by atoms with Gasteiger partial charge in [-0.2, -0.15) is 0 Å². The van der Waals surface area contributed by atoms with Crippen molar-refractivity contribution in [2.24, 2.45) is 0 Å². The zero-order valence-electron chi connectivity index (χ0n) is 16.8. The van der Waals surface area contributed by atoms with E-state index in [0.717, 1.165) is 0 Å². The van der Waals surface area contributed by atoms with Crippen LogP contribution >= 0.6 is 15.8 Å². The lowest BCUT2D eigenvalue weighted by Gasteiger charge is -2.32. The molecule has 136 valence electrons. The number of rotatable bonds is 8. The molecule has 4 heteroatoms. The molecule has 0 saturated carbocycles. The Morgan fingerprint density at radius 1 is 0.560 bits per heavy atom. The predicted octanol–water partition coefficient (Wildman–Crippen LogP) is 6.31. The molecule has 25 heavy (non-hydrogen) atoms. The van der Waals surface area contributed by atoms with Crippen LogP contribution < -0.4 is 10.6 Å². The fourth-order valence-corrected chi connectivity index (χ4v) is 20.4. The molecular formula is C21H34P2Si2. The molecule has 0 aliphatic carbocycles. The van der Waals surface area contributed by atoms with Crippen LogP contribution in [-0.2, 0) is 0 Å². The van der Waals surface area contributed by atoms with Gasteiger partial charge >= 0.3 is 0 Å². The summed E-state index contributed by atoms with van der Waals surface area (Å²) in [6.45, 7) is 15.2. The first-order chi connectivity index (χ1) is 11.6. The Balaban J connectivity index is 2.31. The number of hydrogen-bond donors (Lipinski definition) is 0. The maximum Gasteiger partial charge on any atom is 0.0489 e. The first kappa shape index (κ1) is 21.0. The van der Waals surface area contributed by atoms with Crippen LogP contribution in [0, 0.1) is 0 Å². The van der Waals surface area contributed by atoms with Crippen LogP contribution in [0.15, 0.2) is 60.7 Å². The summed E-state index contributed by atoms with van der Waals surface area (Å²) >= 11 is 0. The van der Waals surface area contributed by atoms with Gasteiger partial charge in [-0.05, 0) is 28.1 Å². The minimum absolute atomic E-state index is 0.0470. The normalized spacial score (nSPS) is 15.0. The molecule has 0 aromatic heterocycles. The molecule has 0 aliphatic rings. The van der Waals surface area contributed by atoms with E-state index in [0.29, 0.717) is 0 Å². The van der Waals surface area contributed by atoms with Gasteiger partial charge in [-0.15, -0.1) is 0 Å². The molecule has 2 rings (SSSR count). The van der Waals surface area contributed by atoms with Crippen molar-refractivity contribution in [3.05, 3.63) is 60.7 Å². The average Bonchev–Trinajstić information content (AvgIpc) is 2.53. The van der Waals surface area contributed by atoms with Gasteiger partial charge in [-0.3, -0.25) is 0 Å². The molecule has 0 amide bonds. The van der Waals surface area contributed by atoms with Crippen LogP contribution in [0.5, 0.6) is 0 Å². The second-order valence-electron chi connectivity index (χ2n) is 9.33. The summed E-state index contributed by atoms with van der Waals surface area (Å²) in [5.41, 5.74) is 0. The van der Waals surface area contributed by atoms with Crippen LogP contribution in [0.3, 0.4) is 0 Å². The molecular weight excluding hydrogens is 370 g/mol. The molecule has 0 radical (unpaired) electrons. The zero-order valence-corrected chi connectivity index (χ0v) is 20.6. The van der Waals surface area contributed by atoms with Gasteiger partial charge in [0.25, 0.3) is 0 Å². The molecule has 0 heterocycles. The molecule has 0 aliphatic heterocycles. The van der Waals surface area contributed by atoms with E-state index in [9.17, 15) is 0 Å². The molecule has 0 spiro atoms. The van der Waals surface area contributed by atoms with Gasteiger partial charge in [0.1, 0.15) is 0 Å².